The lowest BCUT2D eigenvalue weighted by Crippen LogP contribution is -2.34. The first kappa shape index (κ1) is 17.9. The second-order valence-corrected chi connectivity index (χ2v) is 6.66. The minimum atomic E-state index is -0.656. The van der Waals surface area contributed by atoms with Crippen LogP contribution in [0.4, 0.5) is 11.4 Å². The molecule has 1 N–H and O–H groups in total. The SMILES string of the molecule is CN(C)C(=O)c1ccc(N[C@@H]2CC(=O)N(c3cccc(Cl)c3)C2=O)cc1. The normalized spacial score (nSPS) is 16.7. The van der Waals surface area contributed by atoms with Crippen LogP contribution in [0.5, 0.6) is 0 Å². The number of amides is 3. The third kappa shape index (κ3) is 3.55. The fraction of sp³-hybridized carbons (Fsp3) is 0.211. The van der Waals surface area contributed by atoms with Crippen molar-refractivity contribution in [2.24, 2.45) is 0 Å². The Morgan fingerprint density at radius 1 is 1.15 bits per heavy atom. The Labute approximate surface area is 156 Å². The molecule has 6 nitrogen and oxygen atoms in total. The van der Waals surface area contributed by atoms with Crippen LogP contribution in [0.25, 0.3) is 0 Å². The van der Waals surface area contributed by atoms with Crippen LogP contribution in [0.15, 0.2) is 48.5 Å². The molecule has 1 fully saturated rings. The van der Waals surface area contributed by atoms with Gasteiger partial charge in [0, 0.05) is 30.4 Å². The minimum Gasteiger partial charge on any atom is -0.373 e. The third-order valence-corrected chi connectivity index (χ3v) is 4.33. The van der Waals surface area contributed by atoms with Crippen molar-refractivity contribution in [3.63, 3.8) is 0 Å². The van der Waals surface area contributed by atoms with Gasteiger partial charge in [-0.2, -0.15) is 0 Å². The maximum Gasteiger partial charge on any atom is 0.256 e. The van der Waals surface area contributed by atoms with E-state index >= 15 is 0 Å². The Balaban J connectivity index is 1.74. The molecule has 0 spiro atoms. The molecule has 0 unspecified atom stereocenters. The third-order valence-electron chi connectivity index (χ3n) is 4.09. The summed E-state index contributed by atoms with van der Waals surface area (Å²) in [5.74, 6) is -0.712. The predicted molar refractivity (Wildman–Crippen MR) is 100 cm³/mol. The zero-order valence-corrected chi connectivity index (χ0v) is 15.2. The van der Waals surface area contributed by atoms with Gasteiger partial charge in [0.1, 0.15) is 6.04 Å². The highest BCUT2D eigenvalue weighted by atomic mass is 35.5. The molecule has 1 aliphatic rings. The van der Waals surface area contributed by atoms with Crippen LogP contribution >= 0.6 is 11.6 Å². The lowest BCUT2D eigenvalue weighted by atomic mass is 10.1. The molecule has 7 heteroatoms. The van der Waals surface area contributed by atoms with Gasteiger partial charge in [-0.25, -0.2) is 4.90 Å². The van der Waals surface area contributed by atoms with Gasteiger partial charge in [0.2, 0.25) is 5.91 Å². The molecular weight excluding hydrogens is 354 g/mol. The van der Waals surface area contributed by atoms with Gasteiger partial charge in [0.15, 0.2) is 0 Å². The number of imide groups is 1. The summed E-state index contributed by atoms with van der Waals surface area (Å²) in [4.78, 5) is 39.5. The van der Waals surface area contributed by atoms with Crippen molar-refractivity contribution < 1.29 is 14.4 Å². The standard InChI is InChI=1S/C19H18ClN3O3/c1-22(2)18(25)12-6-8-14(9-7-12)21-16-11-17(24)23(19(16)26)15-5-3-4-13(20)10-15/h3-10,16,21H,11H2,1-2H3/t16-/m1/s1. The monoisotopic (exact) mass is 371 g/mol. The summed E-state index contributed by atoms with van der Waals surface area (Å²) in [7, 11) is 3.36. The Morgan fingerprint density at radius 2 is 1.85 bits per heavy atom. The average molecular weight is 372 g/mol. The zero-order valence-electron chi connectivity index (χ0n) is 14.4. The summed E-state index contributed by atoms with van der Waals surface area (Å²) in [5.41, 5.74) is 1.68. The molecule has 0 radical (unpaired) electrons. The molecule has 3 rings (SSSR count). The van der Waals surface area contributed by atoms with Crippen molar-refractivity contribution in [2.75, 3.05) is 24.3 Å². The number of anilines is 2. The Hall–Kier alpha value is -2.86. The number of nitrogens with zero attached hydrogens (tertiary/aromatic N) is 2. The van der Waals surface area contributed by atoms with E-state index in [1.54, 1.807) is 62.6 Å². The second kappa shape index (κ2) is 7.17. The van der Waals surface area contributed by atoms with Crippen molar-refractivity contribution in [3.05, 3.63) is 59.1 Å². The van der Waals surface area contributed by atoms with Crippen LogP contribution in [-0.4, -0.2) is 42.8 Å². The highest BCUT2D eigenvalue weighted by Crippen LogP contribution is 2.27. The van der Waals surface area contributed by atoms with Crippen molar-refractivity contribution >= 4 is 40.7 Å². The summed E-state index contributed by atoms with van der Waals surface area (Å²) in [6.45, 7) is 0. The molecule has 0 saturated carbocycles. The van der Waals surface area contributed by atoms with Crippen LogP contribution in [0, 0.1) is 0 Å². The Bertz CT molecular complexity index is 865. The molecule has 26 heavy (non-hydrogen) atoms. The lowest BCUT2D eigenvalue weighted by molar-refractivity contribution is -0.121. The number of rotatable bonds is 4. The van der Waals surface area contributed by atoms with Crippen LogP contribution in [0.3, 0.4) is 0 Å². The Morgan fingerprint density at radius 3 is 2.46 bits per heavy atom. The van der Waals surface area contributed by atoms with Gasteiger partial charge in [-0.1, -0.05) is 17.7 Å². The number of carbonyl (C=O) groups excluding carboxylic acids is 3. The number of halogens is 1. The Kier molecular flexibility index (Phi) is 4.95. The number of benzene rings is 2. The molecule has 1 atom stereocenters. The van der Waals surface area contributed by atoms with Gasteiger partial charge in [0.05, 0.1) is 12.1 Å². The number of carbonyl (C=O) groups is 3. The number of nitrogens with one attached hydrogen (secondary N) is 1. The van der Waals surface area contributed by atoms with Gasteiger partial charge >= 0.3 is 0 Å². The smallest absolute Gasteiger partial charge is 0.256 e. The largest absolute Gasteiger partial charge is 0.373 e. The molecule has 0 aliphatic carbocycles. The van der Waals surface area contributed by atoms with Crippen molar-refractivity contribution in [2.45, 2.75) is 12.5 Å². The van der Waals surface area contributed by atoms with E-state index in [0.717, 1.165) is 4.90 Å². The molecule has 0 bridgehead atoms. The quantitative estimate of drug-likeness (QED) is 0.839. The van der Waals surface area contributed by atoms with Gasteiger partial charge in [-0.15, -0.1) is 0 Å². The fourth-order valence-electron chi connectivity index (χ4n) is 2.80. The summed E-state index contributed by atoms with van der Waals surface area (Å²) in [5, 5.41) is 3.52. The molecule has 134 valence electrons. The van der Waals surface area contributed by atoms with E-state index in [1.165, 1.54) is 4.90 Å². The summed E-state index contributed by atoms with van der Waals surface area (Å²) in [6.07, 6.45) is 0.0593. The first-order valence-electron chi connectivity index (χ1n) is 8.07. The first-order chi connectivity index (χ1) is 12.4. The van der Waals surface area contributed by atoms with E-state index in [4.69, 9.17) is 11.6 Å². The molecule has 3 amide bonds. The second-order valence-electron chi connectivity index (χ2n) is 6.23. The summed E-state index contributed by atoms with van der Waals surface area (Å²) >= 11 is 5.95. The fourth-order valence-corrected chi connectivity index (χ4v) is 2.98. The minimum absolute atomic E-state index is 0.0593. The highest BCUT2D eigenvalue weighted by molar-refractivity contribution is 6.31. The maximum absolute atomic E-state index is 12.6. The van der Waals surface area contributed by atoms with Crippen molar-refractivity contribution in [1.82, 2.24) is 4.90 Å². The average Bonchev–Trinajstić information content (AvgIpc) is 2.88. The molecule has 2 aromatic rings. The maximum atomic E-state index is 12.6. The highest BCUT2D eigenvalue weighted by Gasteiger charge is 2.39. The lowest BCUT2D eigenvalue weighted by Gasteiger charge is -2.16. The van der Waals surface area contributed by atoms with E-state index in [1.807, 2.05) is 0 Å². The molecule has 1 heterocycles. The van der Waals surface area contributed by atoms with E-state index in [-0.39, 0.29) is 24.1 Å². The summed E-state index contributed by atoms with van der Waals surface area (Å²) in [6, 6.07) is 12.8. The van der Waals surface area contributed by atoms with E-state index in [0.29, 0.717) is 22.0 Å². The van der Waals surface area contributed by atoms with Crippen molar-refractivity contribution in [1.29, 1.82) is 0 Å². The molecule has 1 saturated heterocycles. The van der Waals surface area contributed by atoms with Crippen molar-refractivity contribution in [3.8, 4) is 0 Å². The van der Waals surface area contributed by atoms with Crippen LogP contribution in [0.2, 0.25) is 5.02 Å². The van der Waals surface area contributed by atoms with Gasteiger partial charge in [-0.05, 0) is 42.5 Å². The summed E-state index contributed by atoms with van der Waals surface area (Å²) < 4.78 is 0. The topological polar surface area (TPSA) is 69.7 Å². The van der Waals surface area contributed by atoms with Crippen LogP contribution in [-0.2, 0) is 9.59 Å². The van der Waals surface area contributed by atoms with Gasteiger partial charge in [-0.3, -0.25) is 14.4 Å². The van der Waals surface area contributed by atoms with E-state index < -0.39 is 6.04 Å². The van der Waals surface area contributed by atoms with E-state index in [2.05, 4.69) is 5.32 Å². The first-order valence-corrected chi connectivity index (χ1v) is 8.45. The number of hydrogen-bond acceptors (Lipinski definition) is 4. The van der Waals surface area contributed by atoms with Crippen LogP contribution < -0.4 is 10.2 Å². The molecule has 0 aromatic heterocycles. The molecular formula is C19H18ClN3O3. The van der Waals surface area contributed by atoms with Gasteiger partial charge in [0.25, 0.3) is 11.8 Å². The van der Waals surface area contributed by atoms with E-state index in [9.17, 15) is 14.4 Å². The zero-order chi connectivity index (χ0) is 18.8. The van der Waals surface area contributed by atoms with Gasteiger partial charge < -0.3 is 10.2 Å². The predicted octanol–water partition coefficient (Wildman–Crippen LogP) is 2.79. The molecule has 2 aromatic carbocycles. The molecule has 1 aliphatic heterocycles. The number of hydrogen-bond donors (Lipinski definition) is 1. The van der Waals surface area contributed by atoms with Crippen LogP contribution in [0.1, 0.15) is 16.8 Å².